The zero-order valence-electron chi connectivity index (χ0n) is 8.75. The lowest BCUT2D eigenvalue weighted by Gasteiger charge is -1.96. The molecule has 0 bridgehead atoms. The van der Waals surface area contributed by atoms with E-state index in [9.17, 15) is 4.79 Å². The normalized spacial score (nSPS) is 10.3. The van der Waals surface area contributed by atoms with Crippen LogP contribution in [0.5, 0.6) is 0 Å². The summed E-state index contributed by atoms with van der Waals surface area (Å²) in [6.07, 6.45) is 0.925. The van der Waals surface area contributed by atoms with E-state index in [2.05, 4.69) is 20.7 Å². The second kappa shape index (κ2) is 4.84. The van der Waals surface area contributed by atoms with E-state index in [0.717, 1.165) is 6.42 Å². The minimum absolute atomic E-state index is 0.203. The van der Waals surface area contributed by atoms with Gasteiger partial charge >= 0.3 is 0 Å². The Morgan fingerprint density at radius 3 is 3.19 bits per heavy atom. The van der Waals surface area contributed by atoms with Crippen molar-refractivity contribution in [1.29, 1.82) is 0 Å². The SMILES string of the molecule is CCCn1nnc(NC(=O)c2cccs2)n1. The van der Waals surface area contributed by atoms with Gasteiger partial charge in [-0.25, -0.2) is 0 Å². The van der Waals surface area contributed by atoms with Crippen molar-refractivity contribution < 1.29 is 4.79 Å². The molecule has 0 saturated heterocycles. The highest BCUT2D eigenvalue weighted by molar-refractivity contribution is 7.12. The molecule has 0 aliphatic heterocycles. The molecule has 0 radical (unpaired) electrons. The number of nitrogens with one attached hydrogen (secondary N) is 1. The van der Waals surface area contributed by atoms with Gasteiger partial charge in [-0.3, -0.25) is 10.1 Å². The molecular weight excluding hydrogens is 226 g/mol. The molecule has 0 aliphatic rings. The summed E-state index contributed by atoms with van der Waals surface area (Å²) >= 11 is 1.37. The van der Waals surface area contributed by atoms with Crippen LogP contribution < -0.4 is 5.32 Å². The van der Waals surface area contributed by atoms with Gasteiger partial charge in [-0.1, -0.05) is 18.1 Å². The fourth-order valence-corrected chi connectivity index (χ4v) is 1.78. The Kier molecular flexibility index (Phi) is 3.25. The summed E-state index contributed by atoms with van der Waals surface area (Å²) < 4.78 is 0. The van der Waals surface area contributed by atoms with Crippen LogP contribution in [0, 0.1) is 0 Å². The number of aryl methyl sites for hydroxylation is 1. The van der Waals surface area contributed by atoms with Crippen molar-refractivity contribution in [2.24, 2.45) is 0 Å². The first-order chi connectivity index (χ1) is 7.79. The van der Waals surface area contributed by atoms with E-state index in [4.69, 9.17) is 0 Å². The topological polar surface area (TPSA) is 72.7 Å². The number of tetrazole rings is 1. The van der Waals surface area contributed by atoms with Gasteiger partial charge in [-0.2, -0.15) is 4.80 Å². The van der Waals surface area contributed by atoms with E-state index in [0.29, 0.717) is 11.4 Å². The molecule has 0 atom stereocenters. The number of amides is 1. The molecule has 0 fully saturated rings. The van der Waals surface area contributed by atoms with Gasteiger partial charge in [0.15, 0.2) is 0 Å². The van der Waals surface area contributed by atoms with E-state index < -0.39 is 0 Å². The number of nitrogens with zero attached hydrogens (tertiary/aromatic N) is 4. The number of anilines is 1. The fraction of sp³-hybridized carbons (Fsp3) is 0.333. The first-order valence-electron chi connectivity index (χ1n) is 4.92. The summed E-state index contributed by atoms with van der Waals surface area (Å²) in [7, 11) is 0. The second-order valence-electron chi connectivity index (χ2n) is 3.14. The minimum Gasteiger partial charge on any atom is -0.287 e. The van der Waals surface area contributed by atoms with E-state index >= 15 is 0 Å². The Balaban J connectivity index is 2.01. The first-order valence-corrected chi connectivity index (χ1v) is 5.80. The molecule has 0 aliphatic carbocycles. The van der Waals surface area contributed by atoms with Gasteiger partial charge in [0.2, 0.25) is 0 Å². The smallest absolute Gasteiger partial charge is 0.270 e. The lowest BCUT2D eigenvalue weighted by Crippen LogP contribution is -2.11. The third-order valence-corrected chi connectivity index (χ3v) is 2.72. The number of aromatic nitrogens is 4. The van der Waals surface area contributed by atoms with Crippen LogP contribution in [0.25, 0.3) is 0 Å². The maximum absolute atomic E-state index is 11.6. The molecule has 84 valence electrons. The summed E-state index contributed by atoms with van der Waals surface area (Å²) in [5.41, 5.74) is 0. The minimum atomic E-state index is -0.203. The van der Waals surface area contributed by atoms with Crippen LogP contribution in [0.15, 0.2) is 17.5 Å². The maximum atomic E-state index is 11.6. The summed E-state index contributed by atoms with van der Waals surface area (Å²) in [6, 6.07) is 3.57. The lowest BCUT2D eigenvalue weighted by atomic mass is 10.4. The fourth-order valence-electron chi connectivity index (χ4n) is 1.16. The quantitative estimate of drug-likeness (QED) is 0.872. The highest BCUT2D eigenvalue weighted by Gasteiger charge is 2.10. The highest BCUT2D eigenvalue weighted by Crippen LogP contribution is 2.09. The van der Waals surface area contributed by atoms with Crippen LogP contribution in [0.4, 0.5) is 5.95 Å². The van der Waals surface area contributed by atoms with Crippen LogP contribution in [0.1, 0.15) is 23.0 Å². The number of hydrogen-bond donors (Lipinski definition) is 1. The van der Waals surface area contributed by atoms with Gasteiger partial charge in [0, 0.05) is 0 Å². The Bertz CT molecular complexity index is 464. The molecule has 2 rings (SSSR count). The Labute approximate surface area is 96.3 Å². The van der Waals surface area contributed by atoms with Gasteiger partial charge in [0.1, 0.15) is 0 Å². The summed E-state index contributed by atoms with van der Waals surface area (Å²) in [5, 5.41) is 16.0. The molecule has 2 aromatic heterocycles. The molecule has 6 nitrogen and oxygen atoms in total. The van der Waals surface area contributed by atoms with Crippen molar-refractivity contribution in [2.75, 3.05) is 5.32 Å². The molecule has 1 N–H and O–H groups in total. The third-order valence-electron chi connectivity index (χ3n) is 1.85. The van der Waals surface area contributed by atoms with Crippen LogP contribution in [-0.2, 0) is 6.54 Å². The molecular formula is C9H11N5OS. The van der Waals surface area contributed by atoms with Crippen molar-refractivity contribution in [2.45, 2.75) is 19.9 Å². The van der Waals surface area contributed by atoms with E-state index in [1.54, 1.807) is 6.07 Å². The van der Waals surface area contributed by atoms with Gasteiger partial charge in [-0.15, -0.1) is 16.4 Å². The van der Waals surface area contributed by atoms with Crippen molar-refractivity contribution in [3.63, 3.8) is 0 Å². The summed E-state index contributed by atoms with van der Waals surface area (Å²) in [4.78, 5) is 13.7. The molecule has 2 aromatic rings. The standard InChI is InChI=1S/C9H11N5OS/c1-2-5-14-12-9(11-13-14)10-8(15)7-4-3-6-16-7/h3-4,6H,2,5H2,1H3,(H,10,12,15). The zero-order valence-corrected chi connectivity index (χ0v) is 9.57. The predicted molar refractivity (Wildman–Crippen MR) is 60.4 cm³/mol. The summed E-state index contributed by atoms with van der Waals surface area (Å²) in [6.45, 7) is 2.72. The zero-order chi connectivity index (χ0) is 11.4. The average molecular weight is 237 g/mol. The van der Waals surface area contributed by atoms with Gasteiger partial charge in [0.05, 0.1) is 11.4 Å². The molecule has 0 aromatic carbocycles. The number of carbonyl (C=O) groups is 1. The molecule has 16 heavy (non-hydrogen) atoms. The van der Waals surface area contributed by atoms with Crippen LogP contribution in [0.2, 0.25) is 0 Å². The Hall–Kier alpha value is -1.76. The third kappa shape index (κ3) is 2.43. The predicted octanol–water partition coefficient (Wildman–Crippen LogP) is 1.40. The van der Waals surface area contributed by atoms with Gasteiger partial charge < -0.3 is 0 Å². The Morgan fingerprint density at radius 1 is 1.62 bits per heavy atom. The number of carbonyl (C=O) groups excluding carboxylic acids is 1. The second-order valence-corrected chi connectivity index (χ2v) is 4.09. The molecule has 0 spiro atoms. The Morgan fingerprint density at radius 2 is 2.50 bits per heavy atom. The van der Waals surface area contributed by atoms with Crippen LogP contribution >= 0.6 is 11.3 Å². The monoisotopic (exact) mass is 237 g/mol. The molecule has 7 heteroatoms. The number of hydrogen-bond acceptors (Lipinski definition) is 5. The lowest BCUT2D eigenvalue weighted by molar-refractivity contribution is 0.102. The van der Waals surface area contributed by atoms with E-state index in [1.807, 2.05) is 18.4 Å². The maximum Gasteiger partial charge on any atom is 0.270 e. The van der Waals surface area contributed by atoms with Crippen molar-refractivity contribution >= 4 is 23.2 Å². The molecule has 0 unspecified atom stereocenters. The number of thiophene rings is 1. The average Bonchev–Trinajstić information content (AvgIpc) is 2.89. The largest absolute Gasteiger partial charge is 0.287 e. The van der Waals surface area contributed by atoms with Crippen molar-refractivity contribution in [3.05, 3.63) is 22.4 Å². The van der Waals surface area contributed by atoms with E-state index in [-0.39, 0.29) is 11.9 Å². The molecule has 1 amide bonds. The van der Waals surface area contributed by atoms with Crippen molar-refractivity contribution in [1.82, 2.24) is 20.2 Å². The first kappa shape index (κ1) is 10.7. The molecule has 0 saturated carbocycles. The highest BCUT2D eigenvalue weighted by atomic mass is 32.1. The van der Waals surface area contributed by atoms with Gasteiger partial charge in [-0.05, 0) is 23.1 Å². The van der Waals surface area contributed by atoms with Crippen LogP contribution in [-0.4, -0.2) is 26.1 Å². The number of rotatable bonds is 4. The summed E-state index contributed by atoms with van der Waals surface area (Å²) in [5.74, 6) is 0.0397. The molecule has 2 heterocycles. The van der Waals surface area contributed by atoms with Crippen LogP contribution in [0.3, 0.4) is 0 Å². The van der Waals surface area contributed by atoms with Gasteiger partial charge in [0.25, 0.3) is 11.9 Å². The van der Waals surface area contributed by atoms with E-state index in [1.165, 1.54) is 16.1 Å². The van der Waals surface area contributed by atoms with Crippen molar-refractivity contribution in [3.8, 4) is 0 Å².